The molecule has 1 aromatic carbocycles. The molecule has 1 saturated heterocycles. The minimum atomic E-state index is 0.0470. The summed E-state index contributed by atoms with van der Waals surface area (Å²) in [5, 5.41) is 0. The number of likely N-dealkylation sites (N-methyl/N-ethyl adjacent to an activating group) is 1. The summed E-state index contributed by atoms with van der Waals surface area (Å²) in [6.45, 7) is 6.38. The molecule has 0 aliphatic carbocycles. The zero-order valence-corrected chi connectivity index (χ0v) is 12.5. The molecule has 3 atom stereocenters. The number of rotatable bonds is 1. The summed E-state index contributed by atoms with van der Waals surface area (Å²) in [6.07, 6.45) is 1.20. The molecule has 20 heavy (non-hydrogen) atoms. The lowest BCUT2D eigenvalue weighted by atomic mass is 9.95. The maximum atomic E-state index is 6.53. The predicted molar refractivity (Wildman–Crippen MR) is 80.9 cm³/mol. The quantitative estimate of drug-likeness (QED) is 0.843. The van der Waals surface area contributed by atoms with Gasteiger partial charge in [-0.05, 0) is 33.0 Å². The highest BCUT2D eigenvalue weighted by Gasteiger charge is 2.35. The predicted octanol–water partition coefficient (Wildman–Crippen LogP) is 1.47. The Morgan fingerprint density at radius 1 is 1.25 bits per heavy atom. The molecule has 4 heteroatoms. The summed E-state index contributed by atoms with van der Waals surface area (Å²) >= 11 is 0. The van der Waals surface area contributed by atoms with Crippen LogP contribution in [0.15, 0.2) is 24.3 Å². The third-order valence-electron chi connectivity index (χ3n) is 4.63. The van der Waals surface area contributed by atoms with Gasteiger partial charge in [0.1, 0.15) is 12.4 Å². The van der Waals surface area contributed by atoms with E-state index in [0.29, 0.717) is 12.6 Å². The second kappa shape index (κ2) is 5.72. The number of nitrogens with zero attached hydrogens (tertiary/aromatic N) is 2. The topological polar surface area (TPSA) is 41.7 Å². The van der Waals surface area contributed by atoms with Crippen LogP contribution in [0.5, 0.6) is 5.75 Å². The Kier molecular flexibility index (Phi) is 3.96. The molecule has 0 saturated carbocycles. The van der Waals surface area contributed by atoms with E-state index in [-0.39, 0.29) is 12.1 Å². The van der Waals surface area contributed by atoms with Crippen LogP contribution in [0.1, 0.15) is 24.9 Å². The van der Waals surface area contributed by atoms with Gasteiger partial charge in [-0.15, -0.1) is 0 Å². The van der Waals surface area contributed by atoms with Crippen molar-refractivity contribution >= 4 is 0 Å². The molecule has 0 bridgehead atoms. The lowest BCUT2D eigenvalue weighted by Gasteiger charge is -2.41. The SMILES string of the molecule is CC1CN(C)CCCN1C1COc2ccccc2C1N. The maximum Gasteiger partial charge on any atom is 0.124 e. The third kappa shape index (κ3) is 2.55. The minimum absolute atomic E-state index is 0.0470. The number of para-hydroxylation sites is 1. The summed E-state index contributed by atoms with van der Waals surface area (Å²) < 4.78 is 5.94. The Bertz CT molecular complexity index is 465. The summed E-state index contributed by atoms with van der Waals surface area (Å²) in [4.78, 5) is 4.96. The highest BCUT2D eigenvalue weighted by atomic mass is 16.5. The van der Waals surface area contributed by atoms with Gasteiger partial charge in [0.2, 0.25) is 0 Å². The highest BCUT2D eigenvalue weighted by molar-refractivity contribution is 5.38. The van der Waals surface area contributed by atoms with Crippen molar-refractivity contribution in [2.24, 2.45) is 5.73 Å². The van der Waals surface area contributed by atoms with Crippen molar-refractivity contribution in [1.82, 2.24) is 9.80 Å². The summed E-state index contributed by atoms with van der Waals surface area (Å²) in [7, 11) is 2.20. The van der Waals surface area contributed by atoms with Crippen LogP contribution in [0.4, 0.5) is 0 Å². The fourth-order valence-electron chi connectivity index (χ4n) is 3.56. The van der Waals surface area contributed by atoms with Crippen LogP contribution in [-0.4, -0.2) is 55.2 Å². The molecule has 4 nitrogen and oxygen atoms in total. The van der Waals surface area contributed by atoms with Crippen molar-refractivity contribution in [3.05, 3.63) is 29.8 Å². The molecule has 2 aliphatic heterocycles. The van der Waals surface area contributed by atoms with Crippen molar-refractivity contribution in [3.8, 4) is 5.75 Å². The molecular weight excluding hydrogens is 250 g/mol. The molecule has 3 unspecified atom stereocenters. The fourth-order valence-corrected chi connectivity index (χ4v) is 3.56. The van der Waals surface area contributed by atoms with Crippen molar-refractivity contribution in [1.29, 1.82) is 0 Å². The molecule has 0 aromatic heterocycles. The summed E-state index contributed by atoms with van der Waals surface area (Å²) in [6, 6.07) is 9.02. The van der Waals surface area contributed by atoms with Crippen LogP contribution in [0.3, 0.4) is 0 Å². The number of nitrogens with two attached hydrogens (primary N) is 1. The molecule has 110 valence electrons. The van der Waals surface area contributed by atoms with Crippen LogP contribution >= 0.6 is 0 Å². The van der Waals surface area contributed by atoms with Gasteiger partial charge in [0.25, 0.3) is 0 Å². The van der Waals surface area contributed by atoms with Gasteiger partial charge in [0, 0.05) is 24.7 Å². The molecule has 3 rings (SSSR count). The lowest BCUT2D eigenvalue weighted by Crippen LogP contribution is -2.53. The van der Waals surface area contributed by atoms with E-state index in [1.807, 2.05) is 18.2 Å². The van der Waals surface area contributed by atoms with E-state index in [4.69, 9.17) is 10.5 Å². The van der Waals surface area contributed by atoms with Crippen LogP contribution in [-0.2, 0) is 0 Å². The molecule has 2 heterocycles. The van der Waals surface area contributed by atoms with E-state index in [1.54, 1.807) is 0 Å². The van der Waals surface area contributed by atoms with Gasteiger partial charge < -0.3 is 15.4 Å². The van der Waals surface area contributed by atoms with Crippen LogP contribution < -0.4 is 10.5 Å². The zero-order chi connectivity index (χ0) is 14.1. The van der Waals surface area contributed by atoms with E-state index >= 15 is 0 Å². The summed E-state index contributed by atoms with van der Waals surface area (Å²) in [5.41, 5.74) is 7.68. The van der Waals surface area contributed by atoms with Gasteiger partial charge in [0.15, 0.2) is 0 Å². The average Bonchev–Trinajstić information content (AvgIpc) is 2.60. The monoisotopic (exact) mass is 275 g/mol. The smallest absolute Gasteiger partial charge is 0.124 e. The molecule has 1 fully saturated rings. The van der Waals surface area contributed by atoms with E-state index < -0.39 is 0 Å². The van der Waals surface area contributed by atoms with Crippen molar-refractivity contribution in [2.75, 3.05) is 33.3 Å². The highest BCUT2D eigenvalue weighted by Crippen LogP contribution is 2.33. The van der Waals surface area contributed by atoms with E-state index in [1.165, 1.54) is 13.0 Å². The average molecular weight is 275 g/mol. The molecule has 0 spiro atoms. The Hall–Kier alpha value is -1.10. The molecule has 2 aliphatic rings. The zero-order valence-electron chi connectivity index (χ0n) is 12.5. The molecule has 0 radical (unpaired) electrons. The Morgan fingerprint density at radius 3 is 2.90 bits per heavy atom. The number of benzene rings is 1. The first-order valence-corrected chi connectivity index (χ1v) is 7.58. The van der Waals surface area contributed by atoms with Crippen molar-refractivity contribution < 1.29 is 4.74 Å². The molecule has 1 aromatic rings. The number of hydrogen-bond acceptors (Lipinski definition) is 4. The Labute approximate surface area is 121 Å². The van der Waals surface area contributed by atoms with Gasteiger partial charge in [-0.25, -0.2) is 0 Å². The Morgan fingerprint density at radius 2 is 2.05 bits per heavy atom. The first-order chi connectivity index (χ1) is 9.66. The van der Waals surface area contributed by atoms with Crippen LogP contribution in [0.2, 0.25) is 0 Å². The number of fused-ring (bicyclic) bond motifs is 1. The minimum Gasteiger partial charge on any atom is -0.492 e. The third-order valence-corrected chi connectivity index (χ3v) is 4.63. The normalized spacial score (nSPS) is 32.2. The largest absolute Gasteiger partial charge is 0.492 e. The number of ether oxygens (including phenoxy) is 1. The van der Waals surface area contributed by atoms with Gasteiger partial charge in [-0.1, -0.05) is 18.2 Å². The van der Waals surface area contributed by atoms with Gasteiger partial charge >= 0.3 is 0 Å². The molecule has 0 amide bonds. The first kappa shape index (κ1) is 13.9. The van der Waals surface area contributed by atoms with Crippen LogP contribution in [0, 0.1) is 0 Å². The standard InChI is InChI=1S/C16H25N3O/c1-12-10-18(2)8-5-9-19(12)14-11-20-15-7-4-3-6-13(15)16(14)17/h3-4,6-7,12,14,16H,5,8-11,17H2,1-2H3. The van der Waals surface area contributed by atoms with Gasteiger partial charge in [-0.3, -0.25) is 4.90 Å². The van der Waals surface area contributed by atoms with Crippen molar-refractivity contribution in [3.63, 3.8) is 0 Å². The van der Waals surface area contributed by atoms with Crippen molar-refractivity contribution in [2.45, 2.75) is 31.5 Å². The van der Waals surface area contributed by atoms with Gasteiger partial charge in [-0.2, -0.15) is 0 Å². The molecular formula is C16H25N3O. The summed E-state index contributed by atoms with van der Waals surface area (Å²) in [5.74, 6) is 0.954. The van der Waals surface area contributed by atoms with Crippen LogP contribution in [0.25, 0.3) is 0 Å². The number of hydrogen-bond donors (Lipinski definition) is 1. The second-order valence-electron chi connectivity index (χ2n) is 6.14. The second-order valence-corrected chi connectivity index (χ2v) is 6.14. The fraction of sp³-hybridized carbons (Fsp3) is 0.625. The first-order valence-electron chi connectivity index (χ1n) is 7.58. The van der Waals surface area contributed by atoms with E-state index in [2.05, 4.69) is 29.8 Å². The Balaban J connectivity index is 1.81. The van der Waals surface area contributed by atoms with E-state index in [0.717, 1.165) is 24.4 Å². The van der Waals surface area contributed by atoms with E-state index in [9.17, 15) is 0 Å². The molecule has 2 N–H and O–H groups in total. The maximum absolute atomic E-state index is 6.53. The lowest BCUT2D eigenvalue weighted by molar-refractivity contribution is 0.0690. The van der Waals surface area contributed by atoms with Gasteiger partial charge in [0.05, 0.1) is 12.1 Å².